The highest BCUT2D eigenvalue weighted by molar-refractivity contribution is 5.67. The van der Waals surface area contributed by atoms with Gasteiger partial charge in [0.2, 0.25) is 0 Å². The van der Waals surface area contributed by atoms with E-state index in [1.807, 2.05) is 37.3 Å². The standard InChI is InChI=1S/C21H26N2O3/c1-2-25-21(24)23-13-11-22(12-14-23)16-19-9-6-10-20(15-19)26-17-18-7-4-3-5-8-18/h3-10,15H,2,11-14,16-17H2,1H3. The van der Waals surface area contributed by atoms with Crippen molar-refractivity contribution < 1.29 is 14.3 Å². The van der Waals surface area contributed by atoms with Gasteiger partial charge < -0.3 is 14.4 Å². The molecule has 0 radical (unpaired) electrons. The van der Waals surface area contributed by atoms with Crippen LogP contribution in [-0.2, 0) is 17.9 Å². The number of nitrogens with zero attached hydrogens (tertiary/aromatic N) is 2. The van der Waals surface area contributed by atoms with Gasteiger partial charge in [-0.15, -0.1) is 0 Å². The molecule has 138 valence electrons. The molecule has 5 nitrogen and oxygen atoms in total. The van der Waals surface area contributed by atoms with Crippen molar-refractivity contribution in [1.29, 1.82) is 0 Å². The number of piperazine rings is 1. The predicted octanol–water partition coefficient (Wildman–Crippen LogP) is 3.54. The first-order chi connectivity index (χ1) is 12.7. The Morgan fingerprint density at radius 3 is 2.42 bits per heavy atom. The second-order valence-corrected chi connectivity index (χ2v) is 6.38. The van der Waals surface area contributed by atoms with E-state index in [9.17, 15) is 4.79 Å². The lowest BCUT2D eigenvalue weighted by Crippen LogP contribution is -2.48. The van der Waals surface area contributed by atoms with Crippen molar-refractivity contribution in [3.8, 4) is 5.75 Å². The summed E-state index contributed by atoms with van der Waals surface area (Å²) in [6.07, 6.45) is -0.205. The molecule has 26 heavy (non-hydrogen) atoms. The highest BCUT2D eigenvalue weighted by Gasteiger charge is 2.21. The van der Waals surface area contributed by atoms with Gasteiger partial charge in [-0.2, -0.15) is 0 Å². The highest BCUT2D eigenvalue weighted by Crippen LogP contribution is 2.17. The lowest BCUT2D eigenvalue weighted by molar-refractivity contribution is 0.0778. The van der Waals surface area contributed by atoms with Gasteiger partial charge in [-0.25, -0.2) is 4.79 Å². The molecule has 3 rings (SSSR count). The number of ether oxygens (including phenoxy) is 2. The summed E-state index contributed by atoms with van der Waals surface area (Å²) in [7, 11) is 0. The predicted molar refractivity (Wildman–Crippen MR) is 101 cm³/mol. The molecule has 1 saturated heterocycles. The lowest BCUT2D eigenvalue weighted by atomic mass is 10.2. The van der Waals surface area contributed by atoms with Crippen LogP contribution >= 0.6 is 0 Å². The van der Waals surface area contributed by atoms with Crippen LogP contribution in [0.25, 0.3) is 0 Å². The van der Waals surface area contributed by atoms with Crippen LogP contribution in [0.1, 0.15) is 18.1 Å². The molecule has 5 heteroatoms. The molecule has 2 aromatic carbocycles. The van der Waals surface area contributed by atoms with E-state index in [0.717, 1.165) is 30.9 Å². The van der Waals surface area contributed by atoms with E-state index in [1.165, 1.54) is 5.56 Å². The van der Waals surface area contributed by atoms with E-state index in [0.29, 0.717) is 26.3 Å². The highest BCUT2D eigenvalue weighted by atomic mass is 16.6. The second-order valence-electron chi connectivity index (χ2n) is 6.38. The summed E-state index contributed by atoms with van der Waals surface area (Å²) in [6.45, 7) is 6.82. The van der Waals surface area contributed by atoms with Gasteiger partial charge in [0.05, 0.1) is 6.61 Å². The van der Waals surface area contributed by atoms with E-state index >= 15 is 0 Å². The van der Waals surface area contributed by atoms with Gasteiger partial charge in [0.25, 0.3) is 0 Å². The number of benzene rings is 2. The lowest BCUT2D eigenvalue weighted by Gasteiger charge is -2.34. The minimum atomic E-state index is -0.205. The van der Waals surface area contributed by atoms with Gasteiger partial charge in [0.1, 0.15) is 12.4 Å². The number of hydrogen-bond donors (Lipinski definition) is 0. The van der Waals surface area contributed by atoms with Gasteiger partial charge in [0, 0.05) is 32.7 Å². The molecule has 1 heterocycles. The molecular weight excluding hydrogens is 328 g/mol. The molecule has 1 aliphatic heterocycles. The Hall–Kier alpha value is -2.53. The van der Waals surface area contributed by atoms with Crippen molar-refractivity contribution in [2.45, 2.75) is 20.1 Å². The smallest absolute Gasteiger partial charge is 0.409 e. The maximum Gasteiger partial charge on any atom is 0.409 e. The third-order valence-electron chi connectivity index (χ3n) is 4.45. The third kappa shape index (κ3) is 5.23. The number of carbonyl (C=O) groups is 1. The molecule has 0 atom stereocenters. The molecule has 0 aromatic heterocycles. The molecule has 1 fully saturated rings. The van der Waals surface area contributed by atoms with Crippen molar-refractivity contribution in [1.82, 2.24) is 9.80 Å². The van der Waals surface area contributed by atoms with Crippen molar-refractivity contribution in [3.63, 3.8) is 0 Å². The minimum Gasteiger partial charge on any atom is -0.489 e. The molecule has 0 N–H and O–H groups in total. The van der Waals surface area contributed by atoms with Gasteiger partial charge in [0.15, 0.2) is 0 Å². The fourth-order valence-corrected chi connectivity index (χ4v) is 3.04. The van der Waals surface area contributed by atoms with Crippen LogP contribution in [0.5, 0.6) is 5.75 Å². The zero-order valence-electron chi connectivity index (χ0n) is 15.3. The topological polar surface area (TPSA) is 42.0 Å². The van der Waals surface area contributed by atoms with Crippen LogP contribution in [-0.4, -0.2) is 48.7 Å². The Kier molecular flexibility index (Phi) is 6.50. The molecule has 0 spiro atoms. The first-order valence-electron chi connectivity index (χ1n) is 9.14. The molecular formula is C21H26N2O3. The van der Waals surface area contributed by atoms with Crippen molar-refractivity contribution in [2.24, 2.45) is 0 Å². The van der Waals surface area contributed by atoms with Crippen LogP contribution in [0.4, 0.5) is 4.79 Å². The molecule has 0 bridgehead atoms. The number of hydrogen-bond acceptors (Lipinski definition) is 4. The summed E-state index contributed by atoms with van der Waals surface area (Å²) in [5.74, 6) is 0.886. The van der Waals surface area contributed by atoms with Crippen molar-refractivity contribution in [3.05, 3.63) is 65.7 Å². The fourth-order valence-electron chi connectivity index (χ4n) is 3.04. The van der Waals surface area contributed by atoms with E-state index in [4.69, 9.17) is 9.47 Å². The summed E-state index contributed by atoms with van der Waals surface area (Å²) < 4.78 is 11.0. The number of carbonyl (C=O) groups excluding carboxylic acids is 1. The SMILES string of the molecule is CCOC(=O)N1CCN(Cc2cccc(OCc3ccccc3)c2)CC1. The summed E-state index contributed by atoms with van der Waals surface area (Å²) >= 11 is 0. The van der Waals surface area contributed by atoms with Crippen LogP contribution in [0.2, 0.25) is 0 Å². The van der Waals surface area contributed by atoms with Gasteiger partial charge in [-0.05, 0) is 30.2 Å². The average molecular weight is 354 g/mol. The second kappa shape index (κ2) is 9.25. The summed E-state index contributed by atoms with van der Waals surface area (Å²) in [4.78, 5) is 15.9. The third-order valence-corrected chi connectivity index (χ3v) is 4.45. The van der Waals surface area contributed by atoms with Gasteiger partial charge in [-0.3, -0.25) is 4.90 Å². The van der Waals surface area contributed by atoms with E-state index in [-0.39, 0.29) is 6.09 Å². The van der Waals surface area contributed by atoms with E-state index in [1.54, 1.807) is 4.90 Å². The Labute approximate surface area is 155 Å². The Morgan fingerprint density at radius 1 is 0.962 bits per heavy atom. The molecule has 0 saturated carbocycles. The zero-order valence-corrected chi connectivity index (χ0v) is 15.3. The number of amides is 1. The summed E-state index contributed by atoms with van der Waals surface area (Å²) in [5.41, 5.74) is 2.38. The van der Waals surface area contributed by atoms with Crippen molar-refractivity contribution in [2.75, 3.05) is 32.8 Å². The average Bonchev–Trinajstić information content (AvgIpc) is 2.68. The Balaban J connectivity index is 1.49. The fraction of sp³-hybridized carbons (Fsp3) is 0.381. The monoisotopic (exact) mass is 354 g/mol. The van der Waals surface area contributed by atoms with E-state index < -0.39 is 0 Å². The maximum atomic E-state index is 11.8. The van der Waals surface area contributed by atoms with Crippen LogP contribution in [0.3, 0.4) is 0 Å². The summed E-state index contributed by atoms with van der Waals surface area (Å²) in [5, 5.41) is 0. The molecule has 2 aromatic rings. The van der Waals surface area contributed by atoms with Gasteiger partial charge in [-0.1, -0.05) is 42.5 Å². The molecule has 0 aliphatic carbocycles. The number of rotatable bonds is 6. The summed E-state index contributed by atoms with van der Waals surface area (Å²) in [6, 6.07) is 18.4. The minimum absolute atomic E-state index is 0.205. The van der Waals surface area contributed by atoms with Crippen LogP contribution < -0.4 is 4.74 Å². The molecule has 0 unspecified atom stereocenters. The van der Waals surface area contributed by atoms with Crippen LogP contribution in [0.15, 0.2) is 54.6 Å². The van der Waals surface area contributed by atoms with Crippen LogP contribution in [0, 0.1) is 0 Å². The maximum absolute atomic E-state index is 11.8. The van der Waals surface area contributed by atoms with E-state index in [2.05, 4.69) is 29.2 Å². The normalized spacial score (nSPS) is 14.9. The Morgan fingerprint density at radius 2 is 1.69 bits per heavy atom. The quantitative estimate of drug-likeness (QED) is 0.796. The molecule has 1 aliphatic rings. The first kappa shape index (κ1) is 18.3. The first-order valence-corrected chi connectivity index (χ1v) is 9.14. The van der Waals surface area contributed by atoms with Crippen molar-refractivity contribution >= 4 is 6.09 Å². The Bertz CT molecular complexity index is 697. The van der Waals surface area contributed by atoms with Gasteiger partial charge >= 0.3 is 6.09 Å². The largest absolute Gasteiger partial charge is 0.489 e. The molecule has 1 amide bonds. The zero-order chi connectivity index (χ0) is 18.2.